The number of hydrogen-bond donors (Lipinski definition) is 4. The highest BCUT2D eigenvalue weighted by Gasteiger charge is 2.22. The molecule has 1 aromatic heterocycles. The van der Waals surface area contributed by atoms with Crippen molar-refractivity contribution in [3.8, 4) is 11.8 Å². The van der Waals surface area contributed by atoms with Gasteiger partial charge in [0.15, 0.2) is 0 Å². The second-order valence-electron chi connectivity index (χ2n) is 10.2. The molecule has 2 heterocycles. The molecule has 1 aromatic carbocycles. The summed E-state index contributed by atoms with van der Waals surface area (Å²) in [6.45, 7) is 13.6. The summed E-state index contributed by atoms with van der Waals surface area (Å²) in [5.41, 5.74) is 10.5. The van der Waals surface area contributed by atoms with E-state index in [2.05, 4.69) is 76.9 Å². The third-order valence-corrected chi connectivity index (χ3v) is 6.72. The molecule has 2 aromatic rings. The van der Waals surface area contributed by atoms with Gasteiger partial charge in [0.25, 0.3) is 0 Å². The van der Waals surface area contributed by atoms with Crippen LogP contribution in [0.1, 0.15) is 43.9 Å². The zero-order valence-corrected chi connectivity index (χ0v) is 24.6. The van der Waals surface area contributed by atoms with Gasteiger partial charge in [-0.25, -0.2) is 9.97 Å². The zero-order valence-electron chi connectivity index (χ0n) is 23.8. The largest absolute Gasteiger partial charge is 0.388 e. The van der Waals surface area contributed by atoms with Crippen molar-refractivity contribution in [2.24, 2.45) is 10.4 Å². The molecule has 9 nitrogen and oxygen atoms in total. The highest BCUT2D eigenvalue weighted by molar-refractivity contribution is 8.02. The summed E-state index contributed by atoms with van der Waals surface area (Å²) in [7, 11) is 3.95. The summed E-state index contributed by atoms with van der Waals surface area (Å²) < 4.78 is 0. The lowest BCUT2D eigenvalue weighted by molar-refractivity contribution is -0.105. The molecule has 0 spiro atoms. The molecule has 0 bridgehead atoms. The molecule has 5 N–H and O–H groups in total. The topological polar surface area (TPSA) is 132 Å². The van der Waals surface area contributed by atoms with Crippen LogP contribution in [0.3, 0.4) is 0 Å². The molecule has 0 aliphatic carbocycles. The maximum absolute atomic E-state index is 10.0. The fourth-order valence-electron chi connectivity index (χ4n) is 3.72. The Morgan fingerprint density at radius 1 is 1.38 bits per heavy atom. The zero-order chi connectivity index (χ0) is 29.0. The van der Waals surface area contributed by atoms with Crippen LogP contribution >= 0.6 is 11.8 Å². The first-order valence-corrected chi connectivity index (χ1v) is 13.7. The van der Waals surface area contributed by atoms with Gasteiger partial charge in [0.1, 0.15) is 30.0 Å². The number of aliphatic imine (C=N–C) groups is 1. The number of likely N-dealkylation sites (N-methyl/N-ethyl adjacent to an activating group) is 1. The Balaban J connectivity index is 0.000000377. The van der Waals surface area contributed by atoms with Crippen molar-refractivity contribution in [2.75, 3.05) is 49.3 Å². The van der Waals surface area contributed by atoms with Gasteiger partial charge in [-0.15, -0.1) is 11.8 Å². The van der Waals surface area contributed by atoms with Crippen molar-refractivity contribution >= 4 is 47.8 Å². The minimum atomic E-state index is 0.0115. The normalized spacial score (nSPS) is 15.3. The number of thioether (sulfide) groups is 1. The number of nitrogens with two attached hydrogens (primary N) is 1. The van der Waals surface area contributed by atoms with E-state index in [4.69, 9.17) is 11.1 Å². The summed E-state index contributed by atoms with van der Waals surface area (Å²) in [5, 5.41) is 16.8. The smallest absolute Gasteiger partial charge is 0.141 e. The number of carbonyl (C=O) groups excluding carboxylic acids is 1. The summed E-state index contributed by atoms with van der Waals surface area (Å²) in [5.74, 6) is 7.31. The summed E-state index contributed by atoms with van der Waals surface area (Å²) >= 11 is 1.45. The van der Waals surface area contributed by atoms with Crippen LogP contribution in [-0.4, -0.2) is 72.6 Å². The first-order valence-electron chi connectivity index (χ1n) is 12.7. The molecule has 208 valence electrons. The molecule has 0 amide bonds. The highest BCUT2D eigenvalue weighted by atomic mass is 32.2. The SMILES string of the molecule is C=N/C(=C\SCC=O)C(C)(C)C.CNc1ccc(C)c(C#CC(=N)c2c(N)ncnc2NC2CCN(C)C2)c1. The average molecular weight is 549 g/mol. The minimum Gasteiger partial charge on any atom is -0.388 e. The first-order chi connectivity index (χ1) is 18.5. The lowest BCUT2D eigenvalue weighted by Gasteiger charge is -2.18. The fourth-order valence-corrected chi connectivity index (χ4v) is 4.48. The predicted molar refractivity (Wildman–Crippen MR) is 166 cm³/mol. The van der Waals surface area contributed by atoms with Crippen LogP contribution in [0.15, 0.2) is 40.6 Å². The third-order valence-electron chi connectivity index (χ3n) is 6.01. The second-order valence-corrected chi connectivity index (χ2v) is 11.1. The number of carbonyl (C=O) groups is 1. The number of aldehydes is 1. The predicted octanol–water partition coefficient (Wildman–Crippen LogP) is 4.45. The second kappa shape index (κ2) is 15.0. The van der Waals surface area contributed by atoms with Gasteiger partial charge in [0.2, 0.25) is 0 Å². The van der Waals surface area contributed by atoms with Crippen molar-refractivity contribution in [3.63, 3.8) is 0 Å². The van der Waals surface area contributed by atoms with E-state index in [9.17, 15) is 4.79 Å². The average Bonchev–Trinajstić information content (AvgIpc) is 3.30. The van der Waals surface area contributed by atoms with Crippen LogP contribution in [0, 0.1) is 29.6 Å². The van der Waals surface area contributed by atoms with Crippen LogP contribution in [0.25, 0.3) is 0 Å². The Bertz CT molecular complexity index is 1260. The maximum Gasteiger partial charge on any atom is 0.141 e. The number of nitrogen functional groups attached to an aromatic ring is 1. The van der Waals surface area contributed by atoms with Gasteiger partial charge < -0.3 is 26.1 Å². The minimum absolute atomic E-state index is 0.0115. The number of aromatic nitrogens is 2. The van der Waals surface area contributed by atoms with Crippen molar-refractivity contribution in [1.82, 2.24) is 14.9 Å². The Morgan fingerprint density at radius 3 is 2.72 bits per heavy atom. The van der Waals surface area contributed by atoms with E-state index in [1.807, 2.05) is 37.6 Å². The Labute approximate surface area is 236 Å². The van der Waals surface area contributed by atoms with Gasteiger partial charge in [-0.05, 0) is 62.7 Å². The molecular weight excluding hydrogens is 508 g/mol. The van der Waals surface area contributed by atoms with Crippen LogP contribution in [0.2, 0.25) is 0 Å². The van der Waals surface area contributed by atoms with Crippen LogP contribution in [-0.2, 0) is 4.79 Å². The van der Waals surface area contributed by atoms with Crippen molar-refractivity contribution in [2.45, 2.75) is 40.2 Å². The number of likely N-dealkylation sites (tertiary alicyclic amines) is 1. The number of nitrogens with zero attached hydrogens (tertiary/aromatic N) is 4. The molecule has 0 saturated carbocycles. The number of hydrogen-bond acceptors (Lipinski definition) is 10. The molecule has 0 radical (unpaired) electrons. The van der Waals surface area contributed by atoms with Gasteiger partial charge in [-0.1, -0.05) is 32.8 Å². The van der Waals surface area contributed by atoms with Crippen LogP contribution in [0.5, 0.6) is 0 Å². The van der Waals surface area contributed by atoms with Crippen molar-refractivity contribution in [3.05, 3.63) is 52.3 Å². The molecule has 1 aliphatic rings. The van der Waals surface area contributed by atoms with E-state index in [1.54, 1.807) is 0 Å². The van der Waals surface area contributed by atoms with Crippen LogP contribution < -0.4 is 16.4 Å². The highest BCUT2D eigenvalue weighted by Crippen LogP contribution is 2.27. The molecule has 1 saturated heterocycles. The Morgan fingerprint density at radius 2 is 2.13 bits per heavy atom. The lowest BCUT2D eigenvalue weighted by atomic mass is 9.93. The maximum atomic E-state index is 10.0. The molecular formula is C29H40N8OS. The van der Waals surface area contributed by atoms with Crippen LogP contribution in [0.4, 0.5) is 17.3 Å². The summed E-state index contributed by atoms with van der Waals surface area (Å²) in [6.07, 6.45) is 3.32. The summed E-state index contributed by atoms with van der Waals surface area (Å²) in [6, 6.07) is 6.24. The van der Waals surface area contributed by atoms with Gasteiger partial charge in [-0.2, -0.15) is 0 Å². The van der Waals surface area contributed by atoms with Gasteiger partial charge in [-0.3, -0.25) is 10.4 Å². The van der Waals surface area contributed by atoms with E-state index in [1.165, 1.54) is 18.1 Å². The van der Waals surface area contributed by atoms with Crippen molar-refractivity contribution in [1.29, 1.82) is 5.41 Å². The number of aryl methyl sites for hydroxylation is 1. The number of nitrogens with one attached hydrogen (secondary N) is 3. The lowest BCUT2D eigenvalue weighted by Crippen LogP contribution is -2.25. The van der Waals surface area contributed by atoms with E-state index in [0.29, 0.717) is 17.1 Å². The van der Waals surface area contributed by atoms with Crippen molar-refractivity contribution < 1.29 is 4.79 Å². The number of anilines is 3. The first kappa shape index (κ1) is 31.5. The standard InChI is InChI=1S/C20H25N7.C9H15NOS/c1-13-4-6-15(23-2)10-14(13)5-7-17(21)18-19(22)24-12-25-20(18)26-16-8-9-27(3)11-16;1-9(2,3)8(10-4)7-12-6-5-11/h4,6,10,12,16,21,23H,8-9,11H2,1-3H3,(H3,22,24,25,26);5,7H,4,6H2,1-3H3/b;8-7-. The molecule has 39 heavy (non-hydrogen) atoms. The Hall–Kier alpha value is -3.68. The molecule has 1 atom stereocenters. The van der Waals surface area contributed by atoms with Gasteiger partial charge >= 0.3 is 0 Å². The molecule has 3 rings (SSSR count). The van der Waals surface area contributed by atoms with E-state index >= 15 is 0 Å². The number of rotatable bonds is 8. The molecule has 1 fully saturated rings. The molecule has 1 unspecified atom stereocenters. The van der Waals surface area contributed by atoms with E-state index < -0.39 is 0 Å². The van der Waals surface area contributed by atoms with Gasteiger partial charge in [0.05, 0.1) is 17.0 Å². The molecule has 1 aliphatic heterocycles. The number of allylic oxidation sites excluding steroid dienone is 1. The molecule has 10 heteroatoms. The van der Waals surface area contributed by atoms with E-state index in [-0.39, 0.29) is 23.0 Å². The Kier molecular flexibility index (Phi) is 12.2. The van der Waals surface area contributed by atoms with E-state index in [0.717, 1.165) is 48.3 Å². The van der Waals surface area contributed by atoms with Gasteiger partial charge in [0, 0.05) is 36.3 Å². The fraction of sp³-hybridized carbons (Fsp3) is 0.414. The monoisotopic (exact) mass is 548 g/mol. The quantitative estimate of drug-likeness (QED) is 0.165. The third kappa shape index (κ3) is 9.85. The number of benzene rings is 1. The summed E-state index contributed by atoms with van der Waals surface area (Å²) in [4.78, 5) is 24.5.